The van der Waals surface area contributed by atoms with E-state index < -0.39 is 16.8 Å². The second kappa shape index (κ2) is 5.32. The van der Waals surface area contributed by atoms with Crippen molar-refractivity contribution in [3.05, 3.63) is 16.0 Å². The molecule has 0 saturated heterocycles. The minimum Gasteiger partial charge on any atom is -0.462 e. The number of ether oxygens (including phenoxy) is 1. The third kappa shape index (κ3) is 2.27. The fraction of sp³-hybridized carbons (Fsp3) is 0.500. The largest absolute Gasteiger partial charge is 0.462 e. The first-order chi connectivity index (χ1) is 8.56. The van der Waals surface area contributed by atoms with Crippen molar-refractivity contribution < 1.29 is 18.5 Å². The fourth-order valence-corrected chi connectivity index (χ4v) is 4.32. The molecule has 1 unspecified atom stereocenters. The standard InChI is InChI=1S/C12H14O4S2/c1-3-16-11(14)10-7-5-4-6-8(13)9(7)12(17-10)18(2)15/h3-6H2,1-2H3. The summed E-state index contributed by atoms with van der Waals surface area (Å²) in [5, 5.41) is 0. The Hall–Kier alpha value is -1.01. The van der Waals surface area contributed by atoms with E-state index >= 15 is 0 Å². The molecule has 1 aromatic rings. The van der Waals surface area contributed by atoms with Gasteiger partial charge in [0.15, 0.2) is 5.78 Å². The Labute approximate surface area is 112 Å². The van der Waals surface area contributed by atoms with Crippen molar-refractivity contribution in [1.29, 1.82) is 0 Å². The predicted octanol–water partition coefficient (Wildman–Crippen LogP) is 2.18. The number of carbonyl (C=O) groups is 2. The number of carbonyl (C=O) groups excluding carboxylic acids is 2. The lowest BCUT2D eigenvalue weighted by molar-refractivity contribution is 0.0531. The second-order valence-electron chi connectivity index (χ2n) is 4.02. The summed E-state index contributed by atoms with van der Waals surface area (Å²) in [5.41, 5.74) is 1.25. The number of hydrogen-bond acceptors (Lipinski definition) is 5. The van der Waals surface area contributed by atoms with Crippen LogP contribution in [-0.4, -0.2) is 28.8 Å². The molecule has 0 spiro atoms. The summed E-state index contributed by atoms with van der Waals surface area (Å²) in [4.78, 5) is 24.2. The van der Waals surface area contributed by atoms with E-state index in [9.17, 15) is 13.8 Å². The normalized spacial score (nSPS) is 16.2. The van der Waals surface area contributed by atoms with Crippen LogP contribution in [0.25, 0.3) is 0 Å². The molecule has 0 saturated carbocycles. The molecule has 1 aliphatic carbocycles. The van der Waals surface area contributed by atoms with E-state index in [1.807, 2.05) is 0 Å². The van der Waals surface area contributed by atoms with Crippen molar-refractivity contribution in [1.82, 2.24) is 0 Å². The van der Waals surface area contributed by atoms with Gasteiger partial charge in [-0.15, -0.1) is 11.3 Å². The van der Waals surface area contributed by atoms with Gasteiger partial charge in [-0.05, 0) is 25.3 Å². The molecule has 1 heterocycles. The van der Waals surface area contributed by atoms with Crippen LogP contribution in [0.15, 0.2) is 4.21 Å². The van der Waals surface area contributed by atoms with Crippen LogP contribution in [-0.2, 0) is 22.0 Å². The molecule has 0 fully saturated rings. The quantitative estimate of drug-likeness (QED) is 0.799. The average Bonchev–Trinajstić information content (AvgIpc) is 2.70. The van der Waals surface area contributed by atoms with Crippen molar-refractivity contribution in [3.8, 4) is 0 Å². The highest BCUT2D eigenvalue weighted by Gasteiger charge is 2.31. The molecular weight excluding hydrogens is 272 g/mol. The van der Waals surface area contributed by atoms with E-state index in [1.54, 1.807) is 6.92 Å². The number of rotatable bonds is 3. The lowest BCUT2D eigenvalue weighted by Crippen LogP contribution is -2.13. The van der Waals surface area contributed by atoms with Crippen molar-refractivity contribution in [3.63, 3.8) is 0 Å². The first kappa shape index (κ1) is 13.4. The Morgan fingerprint density at radius 1 is 1.44 bits per heavy atom. The van der Waals surface area contributed by atoms with Gasteiger partial charge in [0.25, 0.3) is 0 Å². The van der Waals surface area contributed by atoms with Crippen LogP contribution in [0.1, 0.15) is 45.4 Å². The minimum atomic E-state index is -1.25. The Kier molecular flexibility index (Phi) is 3.97. The molecule has 0 radical (unpaired) electrons. The van der Waals surface area contributed by atoms with E-state index in [1.165, 1.54) is 6.26 Å². The summed E-state index contributed by atoms with van der Waals surface area (Å²) in [6.45, 7) is 2.03. The SMILES string of the molecule is CCOC(=O)c1sc(S(C)=O)c2c1CCCC2=O. The van der Waals surface area contributed by atoms with E-state index in [0.717, 1.165) is 23.3 Å². The number of thiophene rings is 1. The van der Waals surface area contributed by atoms with Crippen LogP contribution >= 0.6 is 11.3 Å². The molecular formula is C12H14O4S2. The molecule has 1 aromatic heterocycles. The topological polar surface area (TPSA) is 60.4 Å². The zero-order valence-electron chi connectivity index (χ0n) is 10.3. The first-order valence-electron chi connectivity index (χ1n) is 5.75. The summed E-state index contributed by atoms with van der Waals surface area (Å²) in [7, 11) is -1.25. The third-order valence-electron chi connectivity index (χ3n) is 2.81. The molecule has 0 amide bonds. The highest BCUT2D eigenvalue weighted by atomic mass is 32.2. The molecule has 6 heteroatoms. The van der Waals surface area contributed by atoms with Crippen LogP contribution < -0.4 is 0 Å². The minimum absolute atomic E-state index is 0.00625. The van der Waals surface area contributed by atoms with Gasteiger partial charge in [0, 0.05) is 18.2 Å². The zero-order chi connectivity index (χ0) is 13.3. The average molecular weight is 286 g/mol. The molecule has 0 bridgehead atoms. The number of hydrogen-bond donors (Lipinski definition) is 0. The van der Waals surface area contributed by atoms with Gasteiger partial charge < -0.3 is 4.74 Å². The van der Waals surface area contributed by atoms with Gasteiger partial charge in [0.1, 0.15) is 9.09 Å². The number of Topliss-reactive ketones (excluding diaryl/α,β-unsaturated/α-hetero) is 1. The maximum Gasteiger partial charge on any atom is 0.348 e. The van der Waals surface area contributed by atoms with Crippen LogP contribution in [0.4, 0.5) is 0 Å². The number of fused-ring (bicyclic) bond motifs is 1. The predicted molar refractivity (Wildman–Crippen MR) is 69.9 cm³/mol. The summed E-state index contributed by atoms with van der Waals surface area (Å²) in [5.74, 6) is -0.418. The molecule has 18 heavy (non-hydrogen) atoms. The van der Waals surface area contributed by atoms with Crippen molar-refractivity contribution in [2.24, 2.45) is 0 Å². The second-order valence-corrected chi connectivity index (χ2v) is 6.62. The Balaban J connectivity index is 2.56. The summed E-state index contributed by atoms with van der Waals surface area (Å²) in [6, 6.07) is 0. The van der Waals surface area contributed by atoms with E-state index in [4.69, 9.17) is 4.74 Å². The lowest BCUT2D eigenvalue weighted by atomic mass is 9.93. The molecule has 0 N–H and O–H groups in total. The molecule has 2 rings (SSSR count). The van der Waals surface area contributed by atoms with Crippen molar-refractivity contribution in [2.45, 2.75) is 30.4 Å². The van der Waals surface area contributed by atoms with Gasteiger partial charge in [0.2, 0.25) is 0 Å². The molecule has 0 aliphatic heterocycles. The van der Waals surface area contributed by atoms with Crippen LogP contribution in [0.3, 0.4) is 0 Å². The van der Waals surface area contributed by atoms with Gasteiger partial charge in [0.05, 0.1) is 17.4 Å². The van der Waals surface area contributed by atoms with Crippen molar-refractivity contribution in [2.75, 3.05) is 12.9 Å². The van der Waals surface area contributed by atoms with Gasteiger partial charge in [-0.2, -0.15) is 0 Å². The monoisotopic (exact) mass is 286 g/mol. The number of esters is 1. The zero-order valence-corrected chi connectivity index (χ0v) is 11.9. The highest BCUT2D eigenvalue weighted by molar-refractivity contribution is 7.86. The molecule has 1 atom stereocenters. The Morgan fingerprint density at radius 3 is 2.78 bits per heavy atom. The summed E-state index contributed by atoms with van der Waals surface area (Å²) in [6.07, 6.45) is 3.42. The molecule has 98 valence electrons. The van der Waals surface area contributed by atoms with E-state index in [0.29, 0.717) is 34.1 Å². The molecule has 4 nitrogen and oxygen atoms in total. The summed E-state index contributed by atoms with van der Waals surface area (Å²) >= 11 is 1.14. The Bertz CT molecular complexity index is 530. The number of ketones is 1. The van der Waals surface area contributed by atoms with Gasteiger partial charge in [-0.25, -0.2) is 4.79 Å². The van der Waals surface area contributed by atoms with Gasteiger partial charge in [-0.3, -0.25) is 9.00 Å². The Morgan fingerprint density at radius 2 is 2.17 bits per heavy atom. The smallest absolute Gasteiger partial charge is 0.348 e. The maximum atomic E-state index is 11.9. The fourth-order valence-electron chi connectivity index (χ4n) is 2.08. The van der Waals surface area contributed by atoms with E-state index in [-0.39, 0.29) is 5.78 Å². The van der Waals surface area contributed by atoms with Crippen LogP contribution in [0, 0.1) is 0 Å². The van der Waals surface area contributed by atoms with Crippen LogP contribution in [0.2, 0.25) is 0 Å². The molecule has 1 aliphatic rings. The summed E-state index contributed by atoms with van der Waals surface area (Å²) < 4.78 is 17.2. The highest BCUT2D eigenvalue weighted by Crippen LogP contribution is 2.36. The van der Waals surface area contributed by atoms with Crippen molar-refractivity contribution >= 4 is 33.9 Å². The van der Waals surface area contributed by atoms with Gasteiger partial charge >= 0.3 is 5.97 Å². The maximum absolute atomic E-state index is 11.9. The van der Waals surface area contributed by atoms with Crippen LogP contribution in [0.5, 0.6) is 0 Å². The third-order valence-corrected chi connectivity index (χ3v) is 5.49. The van der Waals surface area contributed by atoms with Gasteiger partial charge in [-0.1, -0.05) is 0 Å². The first-order valence-corrected chi connectivity index (χ1v) is 8.13. The lowest BCUT2D eigenvalue weighted by Gasteiger charge is -2.12. The van der Waals surface area contributed by atoms with E-state index in [2.05, 4.69) is 0 Å². The molecule has 0 aromatic carbocycles.